The molecule has 2 atom stereocenters. The first-order valence-electron chi connectivity index (χ1n) is 7.48. The molecule has 2 unspecified atom stereocenters. The number of hydrazine groups is 1. The van der Waals surface area contributed by atoms with Gasteiger partial charge in [0, 0.05) is 23.9 Å². The molecule has 2 aliphatic rings. The fraction of sp³-hybridized carbons (Fsp3) is 0.786. The van der Waals surface area contributed by atoms with Crippen LogP contribution in [0.2, 0.25) is 0 Å². The van der Waals surface area contributed by atoms with Gasteiger partial charge in [-0.25, -0.2) is 0 Å². The van der Waals surface area contributed by atoms with Crippen LogP contribution in [0.5, 0.6) is 0 Å². The molecule has 1 aliphatic heterocycles. The number of rotatable bonds is 5. The molecule has 0 radical (unpaired) electrons. The van der Waals surface area contributed by atoms with Gasteiger partial charge in [0.25, 0.3) is 0 Å². The molecule has 2 heterocycles. The number of aromatic nitrogens is 2. The van der Waals surface area contributed by atoms with Crippen molar-refractivity contribution in [1.29, 1.82) is 0 Å². The second-order valence-electron chi connectivity index (χ2n) is 5.75. The topological polar surface area (TPSA) is 55.9 Å². The first kappa shape index (κ1) is 13.5. The molecule has 1 aromatic rings. The van der Waals surface area contributed by atoms with E-state index in [-0.39, 0.29) is 0 Å². The van der Waals surface area contributed by atoms with Gasteiger partial charge in [-0.05, 0) is 37.5 Å². The van der Waals surface area contributed by atoms with Crippen molar-refractivity contribution in [2.24, 2.45) is 5.84 Å². The van der Waals surface area contributed by atoms with Crippen LogP contribution in [0.15, 0.2) is 12.3 Å². The summed E-state index contributed by atoms with van der Waals surface area (Å²) in [5.74, 6) is 7.01. The molecule has 4 nitrogen and oxygen atoms in total. The number of nitrogens with two attached hydrogens (primary N) is 1. The van der Waals surface area contributed by atoms with Crippen molar-refractivity contribution in [2.45, 2.75) is 62.3 Å². The van der Waals surface area contributed by atoms with Crippen molar-refractivity contribution in [3.05, 3.63) is 18.0 Å². The Morgan fingerprint density at radius 2 is 2.21 bits per heavy atom. The molecular formula is C14H24N4S. The van der Waals surface area contributed by atoms with Gasteiger partial charge in [0.1, 0.15) is 0 Å². The zero-order valence-corrected chi connectivity index (χ0v) is 12.2. The zero-order chi connectivity index (χ0) is 13.1. The lowest BCUT2D eigenvalue weighted by Gasteiger charge is -2.20. The lowest BCUT2D eigenvalue weighted by molar-refractivity contribution is 0.451. The average Bonchev–Trinajstić information content (AvgIpc) is 3.15. The van der Waals surface area contributed by atoms with E-state index in [1.165, 1.54) is 50.0 Å². The molecular weight excluding hydrogens is 256 g/mol. The van der Waals surface area contributed by atoms with Gasteiger partial charge in [0.05, 0.1) is 11.7 Å². The Hall–Kier alpha value is -0.520. The predicted octanol–water partition coefficient (Wildman–Crippen LogP) is 2.27. The highest BCUT2D eigenvalue weighted by molar-refractivity contribution is 8.00. The Balaban J connectivity index is 1.61. The van der Waals surface area contributed by atoms with Crippen LogP contribution in [0.25, 0.3) is 0 Å². The summed E-state index contributed by atoms with van der Waals surface area (Å²) in [5.41, 5.74) is 4.18. The van der Waals surface area contributed by atoms with Crippen LogP contribution in [0, 0.1) is 0 Å². The molecule has 2 fully saturated rings. The molecule has 0 aromatic carbocycles. The van der Waals surface area contributed by atoms with Gasteiger partial charge in [0.2, 0.25) is 0 Å². The summed E-state index contributed by atoms with van der Waals surface area (Å²) in [6.45, 7) is 0. The van der Waals surface area contributed by atoms with Gasteiger partial charge in [0.15, 0.2) is 0 Å². The molecule has 1 aliphatic carbocycles. The van der Waals surface area contributed by atoms with Crippen LogP contribution < -0.4 is 11.3 Å². The maximum absolute atomic E-state index is 5.73. The maximum atomic E-state index is 5.73. The molecule has 3 rings (SSSR count). The Kier molecular flexibility index (Phi) is 4.45. The van der Waals surface area contributed by atoms with Gasteiger partial charge >= 0.3 is 0 Å². The molecule has 5 heteroatoms. The third kappa shape index (κ3) is 3.15. The van der Waals surface area contributed by atoms with Gasteiger partial charge < -0.3 is 0 Å². The second-order valence-corrected chi connectivity index (χ2v) is 7.10. The highest BCUT2D eigenvalue weighted by atomic mass is 32.2. The van der Waals surface area contributed by atoms with E-state index in [0.717, 1.165) is 6.42 Å². The van der Waals surface area contributed by atoms with Crippen LogP contribution in [-0.2, 0) is 6.42 Å². The van der Waals surface area contributed by atoms with E-state index in [0.29, 0.717) is 17.3 Å². The summed E-state index contributed by atoms with van der Waals surface area (Å²) in [6, 6.07) is 3.17. The number of nitrogens with one attached hydrogen (secondary N) is 1. The smallest absolute Gasteiger partial charge is 0.0641 e. The number of hydrogen-bond acceptors (Lipinski definition) is 4. The van der Waals surface area contributed by atoms with Gasteiger partial charge in [-0.15, -0.1) is 0 Å². The van der Waals surface area contributed by atoms with Gasteiger partial charge in [-0.1, -0.05) is 12.8 Å². The SMILES string of the molecule is NNC(Cc1ccn(C2CCCC2)n1)C1CCCS1. The molecule has 1 saturated heterocycles. The second kappa shape index (κ2) is 6.29. The largest absolute Gasteiger partial charge is 0.271 e. The quantitative estimate of drug-likeness (QED) is 0.642. The molecule has 3 N–H and O–H groups in total. The van der Waals surface area contributed by atoms with Crippen molar-refractivity contribution in [3.8, 4) is 0 Å². The van der Waals surface area contributed by atoms with Crippen molar-refractivity contribution >= 4 is 11.8 Å². The first-order valence-corrected chi connectivity index (χ1v) is 8.53. The molecule has 19 heavy (non-hydrogen) atoms. The molecule has 0 spiro atoms. The molecule has 1 saturated carbocycles. The summed E-state index contributed by atoms with van der Waals surface area (Å²) < 4.78 is 2.18. The van der Waals surface area contributed by atoms with Crippen molar-refractivity contribution in [1.82, 2.24) is 15.2 Å². The zero-order valence-electron chi connectivity index (χ0n) is 11.4. The standard InChI is InChI=1S/C14H24N4S/c15-16-13(14-6-3-9-19-14)10-11-7-8-18(17-11)12-4-1-2-5-12/h7-8,12-14,16H,1-6,9-10,15H2. The van der Waals surface area contributed by atoms with E-state index in [4.69, 9.17) is 10.9 Å². The van der Waals surface area contributed by atoms with E-state index in [9.17, 15) is 0 Å². The maximum Gasteiger partial charge on any atom is 0.0641 e. The van der Waals surface area contributed by atoms with Gasteiger partial charge in [-0.2, -0.15) is 16.9 Å². The van der Waals surface area contributed by atoms with E-state index in [1.807, 2.05) is 11.8 Å². The molecule has 0 amide bonds. The van der Waals surface area contributed by atoms with E-state index in [2.05, 4.69) is 22.4 Å². The third-order valence-corrected chi connectivity index (χ3v) is 5.94. The first-order chi connectivity index (χ1) is 9.36. The lowest BCUT2D eigenvalue weighted by Crippen LogP contribution is -2.43. The third-order valence-electron chi connectivity index (χ3n) is 4.42. The number of thioether (sulfide) groups is 1. The normalized spacial score (nSPS) is 26.1. The summed E-state index contributed by atoms with van der Waals surface area (Å²) in [6.07, 6.45) is 11.0. The minimum Gasteiger partial charge on any atom is -0.271 e. The van der Waals surface area contributed by atoms with Crippen LogP contribution in [0.1, 0.15) is 50.3 Å². The molecule has 1 aromatic heterocycles. The Labute approximate surface area is 119 Å². The van der Waals surface area contributed by atoms with Crippen LogP contribution in [-0.4, -0.2) is 26.8 Å². The van der Waals surface area contributed by atoms with Crippen molar-refractivity contribution in [2.75, 3.05) is 5.75 Å². The highest BCUT2D eigenvalue weighted by Gasteiger charge is 2.26. The van der Waals surface area contributed by atoms with Crippen molar-refractivity contribution in [3.63, 3.8) is 0 Å². The highest BCUT2D eigenvalue weighted by Crippen LogP contribution is 2.31. The molecule has 0 bridgehead atoms. The number of nitrogens with zero attached hydrogens (tertiary/aromatic N) is 2. The fourth-order valence-electron chi connectivity index (χ4n) is 3.30. The van der Waals surface area contributed by atoms with Crippen LogP contribution >= 0.6 is 11.8 Å². The minimum atomic E-state index is 0.361. The fourth-order valence-corrected chi connectivity index (χ4v) is 4.68. The van der Waals surface area contributed by atoms with E-state index in [1.54, 1.807) is 0 Å². The van der Waals surface area contributed by atoms with Crippen molar-refractivity contribution < 1.29 is 0 Å². The predicted molar refractivity (Wildman–Crippen MR) is 80.0 cm³/mol. The van der Waals surface area contributed by atoms with Crippen LogP contribution in [0.3, 0.4) is 0 Å². The summed E-state index contributed by atoms with van der Waals surface area (Å²) >= 11 is 2.05. The Morgan fingerprint density at radius 1 is 1.37 bits per heavy atom. The summed E-state index contributed by atoms with van der Waals surface area (Å²) in [7, 11) is 0. The Morgan fingerprint density at radius 3 is 2.89 bits per heavy atom. The lowest BCUT2D eigenvalue weighted by atomic mass is 10.1. The minimum absolute atomic E-state index is 0.361. The average molecular weight is 280 g/mol. The molecule has 106 valence electrons. The van der Waals surface area contributed by atoms with E-state index >= 15 is 0 Å². The monoisotopic (exact) mass is 280 g/mol. The number of hydrogen-bond donors (Lipinski definition) is 2. The summed E-state index contributed by atoms with van der Waals surface area (Å²) in [4.78, 5) is 0. The van der Waals surface area contributed by atoms with Crippen LogP contribution in [0.4, 0.5) is 0 Å². The summed E-state index contributed by atoms with van der Waals surface area (Å²) in [5, 5.41) is 5.42. The Bertz CT molecular complexity index is 394. The van der Waals surface area contributed by atoms with Gasteiger partial charge in [-0.3, -0.25) is 16.0 Å². The van der Waals surface area contributed by atoms with E-state index < -0.39 is 0 Å².